The summed E-state index contributed by atoms with van der Waals surface area (Å²) in [4.78, 5) is 32.0. The maximum atomic E-state index is 12.5. The largest absolute Gasteiger partial charge is 0.456 e. The first-order valence-electron chi connectivity index (χ1n) is 8.30. The zero-order valence-electron chi connectivity index (χ0n) is 14.2. The highest BCUT2D eigenvalue weighted by Crippen LogP contribution is 2.22. The second-order valence-electron chi connectivity index (χ2n) is 5.85. The minimum Gasteiger partial charge on any atom is -0.456 e. The van der Waals surface area contributed by atoms with Gasteiger partial charge in [-0.05, 0) is 48.5 Å². The first kappa shape index (κ1) is 16.5. The lowest BCUT2D eigenvalue weighted by molar-refractivity contribution is 0.102. The maximum Gasteiger partial charge on any atom is 0.261 e. The zero-order valence-corrected chi connectivity index (χ0v) is 14.2. The molecule has 0 aliphatic rings. The van der Waals surface area contributed by atoms with E-state index in [1.165, 1.54) is 6.20 Å². The van der Waals surface area contributed by atoms with Crippen molar-refractivity contribution < 1.29 is 9.53 Å². The Morgan fingerprint density at radius 3 is 2.56 bits per heavy atom. The van der Waals surface area contributed by atoms with Gasteiger partial charge in [-0.15, -0.1) is 0 Å². The third kappa shape index (κ3) is 3.55. The van der Waals surface area contributed by atoms with Gasteiger partial charge >= 0.3 is 0 Å². The van der Waals surface area contributed by atoms with Gasteiger partial charge in [0, 0.05) is 29.0 Å². The van der Waals surface area contributed by atoms with Crippen molar-refractivity contribution in [3.05, 3.63) is 95.0 Å². The Balaban J connectivity index is 1.51. The fourth-order valence-corrected chi connectivity index (χ4v) is 2.68. The smallest absolute Gasteiger partial charge is 0.261 e. The van der Waals surface area contributed by atoms with Gasteiger partial charge in [0.25, 0.3) is 5.91 Å². The first-order chi connectivity index (χ1) is 13.2. The quantitative estimate of drug-likeness (QED) is 0.579. The molecule has 0 aliphatic heterocycles. The molecule has 2 aromatic heterocycles. The van der Waals surface area contributed by atoms with Crippen LogP contribution in [0.3, 0.4) is 0 Å². The van der Waals surface area contributed by atoms with Crippen molar-refractivity contribution >= 4 is 22.5 Å². The average Bonchev–Trinajstić information content (AvgIpc) is 2.71. The summed E-state index contributed by atoms with van der Waals surface area (Å²) in [5, 5.41) is 3.21. The number of ether oxygens (including phenoxy) is 1. The number of nitrogens with one attached hydrogen (secondary N) is 2. The predicted molar refractivity (Wildman–Crippen MR) is 103 cm³/mol. The van der Waals surface area contributed by atoms with E-state index < -0.39 is 5.91 Å². The van der Waals surface area contributed by atoms with Gasteiger partial charge in [0.2, 0.25) is 5.43 Å². The lowest BCUT2D eigenvalue weighted by Crippen LogP contribution is -2.21. The van der Waals surface area contributed by atoms with Crippen LogP contribution in [0.4, 0.5) is 5.69 Å². The molecule has 2 heterocycles. The molecule has 132 valence electrons. The second kappa shape index (κ2) is 7.13. The number of H-pyrrole nitrogens is 1. The summed E-state index contributed by atoms with van der Waals surface area (Å²) in [7, 11) is 0. The van der Waals surface area contributed by atoms with Crippen LogP contribution in [0.25, 0.3) is 10.9 Å². The minimum absolute atomic E-state index is 0.0596. The molecule has 4 aromatic rings. The molecule has 27 heavy (non-hydrogen) atoms. The summed E-state index contributed by atoms with van der Waals surface area (Å²) >= 11 is 0. The van der Waals surface area contributed by atoms with E-state index in [1.807, 2.05) is 6.07 Å². The molecule has 6 heteroatoms. The van der Waals surface area contributed by atoms with E-state index in [0.717, 1.165) is 0 Å². The van der Waals surface area contributed by atoms with E-state index in [-0.39, 0.29) is 11.0 Å². The highest BCUT2D eigenvalue weighted by Gasteiger charge is 2.13. The number of para-hydroxylation sites is 1. The van der Waals surface area contributed by atoms with Gasteiger partial charge in [0.1, 0.15) is 17.1 Å². The Labute approximate surface area is 154 Å². The van der Waals surface area contributed by atoms with Gasteiger partial charge in [-0.2, -0.15) is 0 Å². The van der Waals surface area contributed by atoms with Crippen molar-refractivity contribution in [1.29, 1.82) is 0 Å². The SMILES string of the molecule is O=C(Nc1ccc(Oc2cccnc2)cc1)c1c[nH]c2ccccc2c1=O. The molecule has 0 fully saturated rings. The van der Waals surface area contributed by atoms with Crippen molar-refractivity contribution in [2.24, 2.45) is 0 Å². The van der Waals surface area contributed by atoms with Crippen LogP contribution in [0.15, 0.2) is 84.0 Å². The van der Waals surface area contributed by atoms with Crippen LogP contribution in [-0.4, -0.2) is 15.9 Å². The highest BCUT2D eigenvalue weighted by molar-refractivity contribution is 6.05. The van der Waals surface area contributed by atoms with E-state index in [2.05, 4.69) is 15.3 Å². The number of hydrogen-bond acceptors (Lipinski definition) is 4. The van der Waals surface area contributed by atoms with Crippen molar-refractivity contribution in [2.75, 3.05) is 5.32 Å². The Kier molecular flexibility index (Phi) is 4.37. The van der Waals surface area contributed by atoms with E-state index in [1.54, 1.807) is 67.0 Å². The predicted octanol–water partition coefficient (Wildman–Crippen LogP) is 3.97. The van der Waals surface area contributed by atoms with Crippen LogP contribution in [-0.2, 0) is 0 Å². The minimum atomic E-state index is -0.470. The second-order valence-corrected chi connectivity index (χ2v) is 5.85. The third-order valence-corrected chi connectivity index (χ3v) is 4.02. The third-order valence-electron chi connectivity index (χ3n) is 4.02. The summed E-state index contributed by atoms with van der Waals surface area (Å²) in [5.41, 5.74) is 1.00. The number of rotatable bonds is 4. The van der Waals surface area contributed by atoms with Crippen molar-refractivity contribution in [2.45, 2.75) is 0 Å². The Bertz CT molecular complexity index is 1150. The van der Waals surface area contributed by atoms with Gasteiger partial charge in [0.15, 0.2) is 0 Å². The Hall–Kier alpha value is -3.93. The molecule has 2 aromatic carbocycles. The standard InChI is InChI=1S/C21H15N3O3/c25-20-17-5-1-2-6-19(17)23-13-18(20)21(26)24-14-7-9-15(10-8-14)27-16-4-3-11-22-12-16/h1-13H,(H,23,25)(H,24,26). The Morgan fingerprint density at radius 1 is 0.963 bits per heavy atom. The number of amides is 1. The van der Waals surface area contributed by atoms with Crippen LogP contribution >= 0.6 is 0 Å². The molecule has 0 atom stereocenters. The number of aromatic amines is 1. The molecule has 0 saturated heterocycles. The van der Waals surface area contributed by atoms with E-state index in [9.17, 15) is 9.59 Å². The normalized spacial score (nSPS) is 10.5. The number of aromatic nitrogens is 2. The molecule has 1 amide bonds. The van der Waals surface area contributed by atoms with Gasteiger partial charge in [0.05, 0.1) is 6.20 Å². The van der Waals surface area contributed by atoms with E-state index in [0.29, 0.717) is 28.1 Å². The molecule has 6 nitrogen and oxygen atoms in total. The van der Waals surface area contributed by atoms with E-state index in [4.69, 9.17) is 4.74 Å². The van der Waals surface area contributed by atoms with Gasteiger partial charge < -0.3 is 15.0 Å². The molecule has 4 rings (SSSR count). The van der Waals surface area contributed by atoms with Crippen LogP contribution in [0, 0.1) is 0 Å². The fourth-order valence-electron chi connectivity index (χ4n) is 2.68. The average molecular weight is 357 g/mol. The number of pyridine rings is 2. The number of carbonyl (C=O) groups excluding carboxylic acids is 1. The number of nitrogens with zero attached hydrogens (tertiary/aromatic N) is 1. The molecular formula is C21H15N3O3. The van der Waals surface area contributed by atoms with Crippen molar-refractivity contribution in [3.8, 4) is 11.5 Å². The van der Waals surface area contributed by atoms with Gasteiger partial charge in [-0.25, -0.2) is 0 Å². The topological polar surface area (TPSA) is 84.1 Å². The van der Waals surface area contributed by atoms with Crippen molar-refractivity contribution in [3.63, 3.8) is 0 Å². The molecule has 0 aliphatic carbocycles. The van der Waals surface area contributed by atoms with Gasteiger partial charge in [-0.3, -0.25) is 14.6 Å². The summed E-state index contributed by atoms with van der Waals surface area (Å²) in [6.45, 7) is 0. The first-order valence-corrected chi connectivity index (χ1v) is 8.30. The molecule has 2 N–H and O–H groups in total. The summed E-state index contributed by atoms with van der Waals surface area (Å²) in [6, 6.07) is 17.5. The number of benzene rings is 2. The fraction of sp³-hybridized carbons (Fsp3) is 0. The monoisotopic (exact) mass is 357 g/mol. The lowest BCUT2D eigenvalue weighted by Gasteiger charge is -2.08. The molecular weight excluding hydrogens is 342 g/mol. The Morgan fingerprint density at radius 2 is 1.78 bits per heavy atom. The lowest BCUT2D eigenvalue weighted by atomic mass is 10.1. The highest BCUT2D eigenvalue weighted by atomic mass is 16.5. The van der Waals surface area contributed by atoms with Gasteiger partial charge in [-0.1, -0.05) is 12.1 Å². The molecule has 0 saturated carbocycles. The number of anilines is 1. The number of fused-ring (bicyclic) bond motifs is 1. The molecule has 0 unspecified atom stereocenters. The molecule has 0 radical (unpaired) electrons. The number of hydrogen-bond donors (Lipinski definition) is 2. The number of carbonyl (C=O) groups is 1. The van der Waals surface area contributed by atoms with Crippen LogP contribution in [0.2, 0.25) is 0 Å². The summed E-state index contributed by atoms with van der Waals surface area (Å²) in [6.07, 6.45) is 4.71. The summed E-state index contributed by atoms with van der Waals surface area (Å²) in [5.74, 6) is 0.768. The van der Waals surface area contributed by atoms with Crippen LogP contribution in [0.1, 0.15) is 10.4 Å². The summed E-state index contributed by atoms with van der Waals surface area (Å²) < 4.78 is 5.66. The van der Waals surface area contributed by atoms with Crippen molar-refractivity contribution in [1.82, 2.24) is 9.97 Å². The van der Waals surface area contributed by atoms with E-state index >= 15 is 0 Å². The zero-order chi connectivity index (χ0) is 18.6. The molecule has 0 bridgehead atoms. The van der Waals surface area contributed by atoms with Crippen LogP contribution < -0.4 is 15.5 Å². The van der Waals surface area contributed by atoms with Crippen LogP contribution in [0.5, 0.6) is 11.5 Å². The maximum absolute atomic E-state index is 12.5. The molecule has 0 spiro atoms.